The van der Waals surface area contributed by atoms with Crippen molar-refractivity contribution in [3.63, 3.8) is 0 Å². The van der Waals surface area contributed by atoms with Crippen LogP contribution in [-0.2, 0) is 5.41 Å². The van der Waals surface area contributed by atoms with E-state index >= 15 is 0 Å². The zero-order valence-electron chi connectivity index (χ0n) is 11.5. The molecule has 4 heteroatoms. The summed E-state index contributed by atoms with van der Waals surface area (Å²) in [4.78, 5) is 0. The van der Waals surface area contributed by atoms with Crippen LogP contribution in [0.2, 0.25) is 0 Å². The van der Waals surface area contributed by atoms with E-state index in [0.29, 0.717) is 5.56 Å². The number of hydrazine groups is 1. The van der Waals surface area contributed by atoms with E-state index in [2.05, 4.69) is 5.43 Å². The van der Waals surface area contributed by atoms with E-state index in [-0.39, 0.29) is 0 Å². The Bertz CT molecular complexity index is 582. The first-order valence-electron chi connectivity index (χ1n) is 6.43. The smallest absolute Gasteiger partial charge is 0.130 e. The monoisotopic (exact) mass is 276 g/mol. The quantitative estimate of drug-likeness (QED) is 0.663. The van der Waals surface area contributed by atoms with Crippen LogP contribution in [0.5, 0.6) is 0 Å². The van der Waals surface area contributed by atoms with Gasteiger partial charge in [0.2, 0.25) is 0 Å². The topological polar surface area (TPSA) is 38.0 Å². The molecule has 0 aliphatic carbocycles. The SMILES string of the molecule is CC(C)(c1ccccc1)C(NN)c1ccc(F)cc1F. The molecule has 0 spiro atoms. The Balaban J connectivity index is 2.46. The van der Waals surface area contributed by atoms with Crippen LogP contribution >= 0.6 is 0 Å². The van der Waals surface area contributed by atoms with Gasteiger partial charge in [-0.25, -0.2) is 8.78 Å². The van der Waals surface area contributed by atoms with Crippen molar-refractivity contribution in [1.29, 1.82) is 0 Å². The second kappa shape index (κ2) is 5.69. The third-order valence-corrected chi connectivity index (χ3v) is 3.68. The minimum atomic E-state index is -0.600. The molecule has 0 fully saturated rings. The molecular weight excluding hydrogens is 258 g/mol. The summed E-state index contributed by atoms with van der Waals surface area (Å²) in [7, 11) is 0. The van der Waals surface area contributed by atoms with Crippen LogP contribution in [0.3, 0.4) is 0 Å². The lowest BCUT2D eigenvalue weighted by molar-refractivity contribution is 0.342. The van der Waals surface area contributed by atoms with Crippen LogP contribution < -0.4 is 11.3 Å². The average molecular weight is 276 g/mol. The fourth-order valence-corrected chi connectivity index (χ4v) is 2.46. The van der Waals surface area contributed by atoms with Gasteiger partial charge >= 0.3 is 0 Å². The lowest BCUT2D eigenvalue weighted by Crippen LogP contribution is -2.41. The Labute approximate surface area is 117 Å². The molecule has 0 aliphatic heterocycles. The summed E-state index contributed by atoms with van der Waals surface area (Å²) in [6, 6.07) is 12.8. The maximum atomic E-state index is 14.0. The van der Waals surface area contributed by atoms with Crippen molar-refractivity contribution in [2.45, 2.75) is 25.3 Å². The van der Waals surface area contributed by atoms with E-state index in [1.165, 1.54) is 12.1 Å². The van der Waals surface area contributed by atoms with Crippen LogP contribution in [-0.4, -0.2) is 0 Å². The molecule has 20 heavy (non-hydrogen) atoms. The highest BCUT2D eigenvalue weighted by molar-refractivity contribution is 5.32. The van der Waals surface area contributed by atoms with E-state index in [1.807, 2.05) is 44.2 Å². The standard InChI is InChI=1S/C16H18F2N2/c1-16(2,11-6-4-3-5-7-11)15(20-19)13-9-8-12(17)10-14(13)18/h3-10,15,20H,19H2,1-2H3. The van der Waals surface area contributed by atoms with Crippen molar-refractivity contribution in [1.82, 2.24) is 5.43 Å². The molecule has 0 saturated heterocycles. The Morgan fingerprint density at radius 1 is 1.05 bits per heavy atom. The molecule has 3 N–H and O–H groups in total. The number of benzene rings is 2. The van der Waals surface area contributed by atoms with Gasteiger partial charge in [-0.15, -0.1) is 0 Å². The number of hydrogen-bond donors (Lipinski definition) is 2. The van der Waals surface area contributed by atoms with Crippen LogP contribution in [0, 0.1) is 11.6 Å². The van der Waals surface area contributed by atoms with Gasteiger partial charge in [0.15, 0.2) is 0 Å². The predicted molar refractivity (Wildman–Crippen MR) is 75.9 cm³/mol. The number of rotatable bonds is 4. The van der Waals surface area contributed by atoms with Crippen molar-refractivity contribution in [2.75, 3.05) is 0 Å². The lowest BCUT2D eigenvalue weighted by atomic mass is 9.75. The molecule has 0 aliphatic rings. The molecule has 0 radical (unpaired) electrons. The second-order valence-corrected chi connectivity index (χ2v) is 5.35. The third kappa shape index (κ3) is 2.71. The minimum Gasteiger partial charge on any atom is -0.271 e. The van der Waals surface area contributed by atoms with Gasteiger partial charge in [0.25, 0.3) is 0 Å². The molecular formula is C16H18F2N2. The molecule has 0 heterocycles. The summed E-state index contributed by atoms with van der Waals surface area (Å²) >= 11 is 0. The molecule has 0 aromatic heterocycles. The third-order valence-electron chi connectivity index (χ3n) is 3.68. The predicted octanol–water partition coefficient (Wildman–Crippen LogP) is 3.45. The van der Waals surface area contributed by atoms with Crippen LogP contribution in [0.1, 0.15) is 31.0 Å². The van der Waals surface area contributed by atoms with E-state index in [4.69, 9.17) is 5.84 Å². The van der Waals surface area contributed by atoms with Crippen molar-refractivity contribution in [3.05, 3.63) is 71.3 Å². The van der Waals surface area contributed by atoms with Gasteiger partial charge in [-0.2, -0.15) is 0 Å². The van der Waals surface area contributed by atoms with E-state index in [1.54, 1.807) is 0 Å². The normalized spacial score (nSPS) is 13.2. The molecule has 2 aromatic rings. The van der Waals surface area contributed by atoms with E-state index < -0.39 is 23.1 Å². The summed E-state index contributed by atoms with van der Waals surface area (Å²) in [5, 5.41) is 0. The highest BCUT2D eigenvalue weighted by atomic mass is 19.1. The summed E-state index contributed by atoms with van der Waals surface area (Å²) in [5.41, 5.74) is 3.58. The highest BCUT2D eigenvalue weighted by Crippen LogP contribution is 2.37. The Morgan fingerprint density at radius 3 is 2.25 bits per heavy atom. The van der Waals surface area contributed by atoms with Gasteiger partial charge in [-0.3, -0.25) is 11.3 Å². The molecule has 106 valence electrons. The number of halogens is 2. The van der Waals surface area contributed by atoms with Crippen LogP contribution in [0.15, 0.2) is 48.5 Å². The molecule has 2 rings (SSSR count). The van der Waals surface area contributed by atoms with Gasteiger partial charge < -0.3 is 0 Å². The zero-order chi connectivity index (χ0) is 14.8. The van der Waals surface area contributed by atoms with E-state index in [9.17, 15) is 8.78 Å². The van der Waals surface area contributed by atoms with Gasteiger partial charge in [0.1, 0.15) is 11.6 Å². The molecule has 1 atom stereocenters. The van der Waals surface area contributed by atoms with Gasteiger partial charge in [0.05, 0.1) is 6.04 Å². The number of nitrogens with two attached hydrogens (primary N) is 1. The lowest BCUT2D eigenvalue weighted by Gasteiger charge is -2.35. The summed E-state index contributed by atoms with van der Waals surface area (Å²) in [5.74, 6) is 4.43. The first-order chi connectivity index (χ1) is 9.46. The minimum absolute atomic E-state index is 0.350. The van der Waals surface area contributed by atoms with Crippen LogP contribution in [0.4, 0.5) is 8.78 Å². The summed E-state index contributed by atoms with van der Waals surface area (Å²) in [6.45, 7) is 3.94. The maximum absolute atomic E-state index is 14.0. The summed E-state index contributed by atoms with van der Waals surface area (Å²) < 4.78 is 27.0. The Kier molecular flexibility index (Phi) is 4.16. The van der Waals surface area contributed by atoms with Crippen molar-refractivity contribution >= 4 is 0 Å². The number of nitrogens with one attached hydrogen (secondary N) is 1. The first kappa shape index (κ1) is 14.6. The molecule has 0 bridgehead atoms. The van der Waals surface area contributed by atoms with Crippen molar-refractivity contribution < 1.29 is 8.78 Å². The summed E-state index contributed by atoms with van der Waals surface area (Å²) in [6.07, 6.45) is 0. The fourth-order valence-electron chi connectivity index (χ4n) is 2.46. The molecule has 0 saturated carbocycles. The van der Waals surface area contributed by atoms with Gasteiger partial charge in [-0.05, 0) is 11.6 Å². The maximum Gasteiger partial charge on any atom is 0.130 e. The average Bonchev–Trinajstić information content (AvgIpc) is 2.43. The van der Waals surface area contributed by atoms with Gasteiger partial charge in [-0.1, -0.05) is 50.2 Å². The largest absolute Gasteiger partial charge is 0.271 e. The fraction of sp³-hybridized carbons (Fsp3) is 0.250. The zero-order valence-corrected chi connectivity index (χ0v) is 11.5. The number of hydrogen-bond acceptors (Lipinski definition) is 2. The second-order valence-electron chi connectivity index (χ2n) is 5.35. The molecule has 1 unspecified atom stereocenters. The van der Waals surface area contributed by atoms with Crippen molar-refractivity contribution in [3.8, 4) is 0 Å². The molecule has 2 nitrogen and oxygen atoms in total. The molecule has 2 aromatic carbocycles. The Morgan fingerprint density at radius 2 is 1.70 bits per heavy atom. The molecule has 0 amide bonds. The first-order valence-corrected chi connectivity index (χ1v) is 6.43. The van der Waals surface area contributed by atoms with Crippen molar-refractivity contribution in [2.24, 2.45) is 5.84 Å². The highest BCUT2D eigenvalue weighted by Gasteiger charge is 2.33. The van der Waals surface area contributed by atoms with E-state index in [0.717, 1.165) is 11.6 Å². The van der Waals surface area contributed by atoms with Gasteiger partial charge in [0, 0.05) is 17.0 Å². The van der Waals surface area contributed by atoms with Crippen LogP contribution in [0.25, 0.3) is 0 Å². The Hall–Kier alpha value is -1.78.